The third-order valence-electron chi connectivity index (χ3n) is 3.19. The highest BCUT2D eigenvalue weighted by atomic mass is 35.5. The average molecular weight is 257 g/mol. The predicted molar refractivity (Wildman–Crippen MR) is 65.3 cm³/mol. The van der Waals surface area contributed by atoms with Crippen molar-refractivity contribution >= 4 is 17.5 Å². The number of nitrogens with zero attached hydrogens (tertiary/aromatic N) is 2. The summed E-state index contributed by atoms with van der Waals surface area (Å²) < 4.78 is 5.36. The zero-order chi connectivity index (χ0) is 12.6. The molecule has 2 heterocycles. The lowest BCUT2D eigenvalue weighted by atomic mass is 9.99. The van der Waals surface area contributed by atoms with Crippen LogP contribution in [-0.4, -0.2) is 34.3 Å². The Morgan fingerprint density at radius 1 is 1.53 bits per heavy atom. The first-order chi connectivity index (χ1) is 7.99. The quantitative estimate of drug-likeness (QED) is 0.725. The van der Waals surface area contributed by atoms with E-state index in [2.05, 4.69) is 11.9 Å². The minimum atomic E-state index is -0.0708. The highest BCUT2D eigenvalue weighted by molar-refractivity contribution is 6.20. The number of aryl methyl sites for hydroxylation is 2. The van der Waals surface area contributed by atoms with Crippen molar-refractivity contribution in [3.8, 4) is 0 Å². The minimum absolute atomic E-state index is 0.0708. The topological polar surface area (TPSA) is 46.3 Å². The van der Waals surface area contributed by atoms with E-state index in [1.165, 1.54) is 0 Å². The smallest absolute Gasteiger partial charge is 0.291 e. The number of likely N-dealkylation sites (tertiary alicyclic amines) is 1. The van der Waals surface area contributed by atoms with Gasteiger partial charge < -0.3 is 9.32 Å². The van der Waals surface area contributed by atoms with Crippen LogP contribution in [-0.2, 0) is 0 Å². The molecule has 4 nitrogen and oxygen atoms in total. The summed E-state index contributed by atoms with van der Waals surface area (Å²) in [5.41, 5.74) is 0.660. The molecule has 1 amide bonds. The molecule has 0 bridgehead atoms. The summed E-state index contributed by atoms with van der Waals surface area (Å²) in [6, 6.07) is 0. The molecule has 2 rings (SSSR count). The van der Waals surface area contributed by atoms with Gasteiger partial charge in [-0.15, -0.1) is 11.6 Å². The monoisotopic (exact) mass is 256 g/mol. The average Bonchev–Trinajstić information content (AvgIpc) is 2.61. The molecule has 0 spiro atoms. The third kappa shape index (κ3) is 2.46. The van der Waals surface area contributed by atoms with E-state index in [1.807, 2.05) is 0 Å². The molecule has 0 saturated carbocycles. The lowest BCUT2D eigenvalue weighted by molar-refractivity contribution is 0.0652. The Labute approximate surface area is 106 Å². The number of halogens is 1. The van der Waals surface area contributed by atoms with Crippen molar-refractivity contribution in [2.24, 2.45) is 5.92 Å². The molecule has 1 aromatic heterocycles. The van der Waals surface area contributed by atoms with E-state index < -0.39 is 0 Å². The number of alkyl halides is 1. The molecule has 2 atom stereocenters. The summed E-state index contributed by atoms with van der Waals surface area (Å²) in [4.78, 5) is 18.2. The Bertz CT molecular complexity index is 430. The SMILES string of the molecule is Cc1nc(C)c(C(=O)N2CCC(Cl)C(C)C2)o1. The van der Waals surface area contributed by atoms with Crippen molar-refractivity contribution in [2.75, 3.05) is 13.1 Å². The first-order valence-electron chi connectivity index (χ1n) is 5.86. The molecule has 1 aromatic rings. The Morgan fingerprint density at radius 3 is 2.76 bits per heavy atom. The number of rotatable bonds is 1. The maximum absolute atomic E-state index is 12.2. The molecule has 0 aliphatic carbocycles. The molecule has 0 radical (unpaired) electrons. The van der Waals surface area contributed by atoms with Crippen molar-refractivity contribution in [1.29, 1.82) is 0 Å². The maximum atomic E-state index is 12.2. The summed E-state index contributed by atoms with van der Waals surface area (Å²) in [5.74, 6) is 1.14. The number of oxazole rings is 1. The fourth-order valence-corrected chi connectivity index (χ4v) is 2.35. The highest BCUT2D eigenvalue weighted by Gasteiger charge is 2.30. The largest absolute Gasteiger partial charge is 0.436 e. The first-order valence-corrected chi connectivity index (χ1v) is 6.30. The van der Waals surface area contributed by atoms with E-state index in [9.17, 15) is 4.79 Å². The van der Waals surface area contributed by atoms with E-state index >= 15 is 0 Å². The summed E-state index contributed by atoms with van der Waals surface area (Å²) in [6.07, 6.45) is 0.834. The van der Waals surface area contributed by atoms with E-state index in [-0.39, 0.29) is 11.3 Å². The van der Waals surface area contributed by atoms with Gasteiger partial charge in [0, 0.05) is 25.4 Å². The third-order valence-corrected chi connectivity index (χ3v) is 3.83. The molecular weight excluding hydrogens is 240 g/mol. The Balaban J connectivity index is 2.13. The highest BCUT2D eigenvalue weighted by Crippen LogP contribution is 2.23. The van der Waals surface area contributed by atoms with Crippen LogP contribution in [0.3, 0.4) is 0 Å². The molecular formula is C12H17ClN2O2. The zero-order valence-electron chi connectivity index (χ0n) is 10.4. The lowest BCUT2D eigenvalue weighted by Crippen LogP contribution is -2.43. The number of piperidine rings is 1. The van der Waals surface area contributed by atoms with Crippen LogP contribution in [0.15, 0.2) is 4.42 Å². The predicted octanol–water partition coefficient (Wildman–Crippen LogP) is 2.38. The van der Waals surface area contributed by atoms with Crippen LogP contribution >= 0.6 is 11.6 Å². The van der Waals surface area contributed by atoms with Gasteiger partial charge in [-0.1, -0.05) is 6.92 Å². The van der Waals surface area contributed by atoms with Crippen LogP contribution in [0.2, 0.25) is 0 Å². The molecule has 94 valence electrons. The molecule has 1 saturated heterocycles. The maximum Gasteiger partial charge on any atom is 0.291 e. The number of aromatic nitrogens is 1. The molecule has 2 unspecified atom stereocenters. The van der Waals surface area contributed by atoms with Crippen LogP contribution in [0.5, 0.6) is 0 Å². The first kappa shape index (κ1) is 12.4. The molecule has 5 heteroatoms. The van der Waals surface area contributed by atoms with Gasteiger partial charge in [-0.25, -0.2) is 4.98 Å². The van der Waals surface area contributed by atoms with Crippen LogP contribution < -0.4 is 0 Å². The normalized spacial score (nSPS) is 25.1. The van der Waals surface area contributed by atoms with Gasteiger partial charge in [-0.3, -0.25) is 4.79 Å². The summed E-state index contributed by atoms with van der Waals surface area (Å²) >= 11 is 6.14. The Hall–Kier alpha value is -1.03. The van der Waals surface area contributed by atoms with Crippen molar-refractivity contribution in [3.63, 3.8) is 0 Å². The molecule has 17 heavy (non-hydrogen) atoms. The van der Waals surface area contributed by atoms with Gasteiger partial charge in [0.15, 0.2) is 5.89 Å². The Kier molecular flexibility index (Phi) is 3.43. The second kappa shape index (κ2) is 4.69. The summed E-state index contributed by atoms with van der Waals surface area (Å²) in [6.45, 7) is 6.98. The van der Waals surface area contributed by atoms with Crippen LogP contribution in [0.1, 0.15) is 35.5 Å². The van der Waals surface area contributed by atoms with Gasteiger partial charge in [0.1, 0.15) is 0 Å². The zero-order valence-corrected chi connectivity index (χ0v) is 11.1. The number of hydrogen-bond acceptors (Lipinski definition) is 3. The second-order valence-corrected chi connectivity index (χ2v) is 5.24. The van der Waals surface area contributed by atoms with Gasteiger partial charge in [0.2, 0.25) is 5.76 Å². The van der Waals surface area contributed by atoms with E-state index in [0.29, 0.717) is 36.4 Å². The van der Waals surface area contributed by atoms with E-state index in [0.717, 1.165) is 6.42 Å². The van der Waals surface area contributed by atoms with E-state index in [1.54, 1.807) is 18.7 Å². The standard InChI is InChI=1S/C12H17ClN2O2/c1-7-6-15(5-4-10(7)13)12(16)11-8(2)14-9(3)17-11/h7,10H,4-6H2,1-3H3. The summed E-state index contributed by atoms with van der Waals surface area (Å²) in [7, 11) is 0. The number of carbonyl (C=O) groups is 1. The number of hydrogen-bond donors (Lipinski definition) is 0. The van der Waals surface area contributed by atoms with Gasteiger partial charge >= 0.3 is 0 Å². The van der Waals surface area contributed by atoms with Gasteiger partial charge in [-0.2, -0.15) is 0 Å². The fraction of sp³-hybridized carbons (Fsp3) is 0.667. The minimum Gasteiger partial charge on any atom is -0.436 e. The summed E-state index contributed by atoms with van der Waals surface area (Å²) in [5, 5.41) is 0.164. The molecule has 0 N–H and O–H groups in total. The van der Waals surface area contributed by atoms with Gasteiger partial charge in [-0.05, 0) is 19.3 Å². The second-order valence-electron chi connectivity index (χ2n) is 4.68. The molecule has 1 fully saturated rings. The fourth-order valence-electron chi connectivity index (χ4n) is 2.17. The Morgan fingerprint density at radius 2 is 2.24 bits per heavy atom. The molecule has 0 aromatic carbocycles. The van der Waals surface area contributed by atoms with Crippen molar-refractivity contribution < 1.29 is 9.21 Å². The van der Waals surface area contributed by atoms with Crippen LogP contribution in [0.25, 0.3) is 0 Å². The van der Waals surface area contributed by atoms with Crippen LogP contribution in [0.4, 0.5) is 0 Å². The van der Waals surface area contributed by atoms with Crippen LogP contribution in [0, 0.1) is 19.8 Å². The lowest BCUT2D eigenvalue weighted by Gasteiger charge is -2.33. The van der Waals surface area contributed by atoms with Crippen molar-refractivity contribution in [2.45, 2.75) is 32.6 Å². The van der Waals surface area contributed by atoms with Crippen molar-refractivity contribution in [3.05, 3.63) is 17.3 Å². The molecule has 1 aliphatic rings. The van der Waals surface area contributed by atoms with Gasteiger partial charge in [0.05, 0.1) is 5.69 Å². The van der Waals surface area contributed by atoms with Crippen molar-refractivity contribution in [1.82, 2.24) is 9.88 Å². The molecule has 1 aliphatic heterocycles. The number of carbonyl (C=O) groups excluding carboxylic acids is 1. The number of amides is 1. The van der Waals surface area contributed by atoms with E-state index in [4.69, 9.17) is 16.0 Å². The van der Waals surface area contributed by atoms with Gasteiger partial charge in [0.25, 0.3) is 5.91 Å².